The molecule has 0 aromatic carbocycles. The molecule has 1 heterocycles. The number of pyridine rings is 1. The van der Waals surface area contributed by atoms with Crippen LogP contribution in [0.4, 0.5) is 10.2 Å². The molecule has 1 rings (SSSR count). The molecule has 0 saturated heterocycles. The van der Waals surface area contributed by atoms with E-state index in [0.717, 1.165) is 6.07 Å². The number of rotatable bonds is 5. The van der Waals surface area contributed by atoms with Gasteiger partial charge in [0.2, 0.25) is 0 Å². The number of carbonyl (C=O) groups is 1. The predicted octanol–water partition coefficient (Wildman–Crippen LogP) is 0.574. The molecule has 0 spiro atoms. The van der Waals surface area contributed by atoms with Crippen LogP contribution < -0.4 is 10.2 Å². The van der Waals surface area contributed by atoms with Gasteiger partial charge in [-0.25, -0.2) is 14.2 Å². The summed E-state index contributed by atoms with van der Waals surface area (Å²) in [6.07, 6.45) is 1.29. The molecule has 5 nitrogen and oxygen atoms in total. The van der Waals surface area contributed by atoms with E-state index < -0.39 is 11.8 Å². The summed E-state index contributed by atoms with van der Waals surface area (Å²) in [7, 11) is 3.44. The maximum Gasteiger partial charge on any atom is 0.338 e. The Labute approximate surface area is 92.9 Å². The van der Waals surface area contributed by atoms with Gasteiger partial charge >= 0.3 is 5.97 Å². The number of nitrogens with one attached hydrogen (secondary N) is 1. The molecule has 0 unspecified atom stereocenters. The molecule has 2 N–H and O–H groups in total. The molecule has 0 amide bonds. The van der Waals surface area contributed by atoms with Gasteiger partial charge in [0.1, 0.15) is 5.56 Å². The molecule has 0 aliphatic heterocycles. The zero-order chi connectivity index (χ0) is 12.1. The van der Waals surface area contributed by atoms with Gasteiger partial charge in [0, 0.05) is 26.3 Å². The molecule has 0 fully saturated rings. The van der Waals surface area contributed by atoms with E-state index in [-0.39, 0.29) is 11.4 Å². The largest absolute Gasteiger partial charge is 0.478 e. The minimum Gasteiger partial charge on any atom is -0.478 e. The van der Waals surface area contributed by atoms with E-state index in [9.17, 15) is 9.18 Å². The minimum atomic E-state index is -1.29. The lowest BCUT2D eigenvalue weighted by Crippen LogP contribution is -2.28. The zero-order valence-electron chi connectivity index (χ0n) is 9.20. The average molecular weight is 227 g/mol. The SMILES string of the molecule is CNCCN(C)c1nccc(C(=O)O)c1F. The van der Waals surface area contributed by atoms with Crippen molar-refractivity contribution in [3.8, 4) is 0 Å². The van der Waals surface area contributed by atoms with Gasteiger partial charge in [0.05, 0.1) is 0 Å². The quantitative estimate of drug-likeness (QED) is 0.770. The first-order valence-electron chi connectivity index (χ1n) is 4.81. The Morgan fingerprint density at radius 2 is 2.38 bits per heavy atom. The highest BCUT2D eigenvalue weighted by Gasteiger charge is 2.17. The molecule has 0 saturated carbocycles. The third-order valence-electron chi connectivity index (χ3n) is 2.16. The van der Waals surface area contributed by atoms with Crippen molar-refractivity contribution < 1.29 is 14.3 Å². The van der Waals surface area contributed by atoms with Crippen molar-refractivity contribution in [1.29, 1.82) is 0 Å². The molecule has 0 atom stereocenters. The third-order valence-corrected chi connectivity index (χ3v) is 2.16. The molecule has 1 aromatic rings. The summed E-state index contributed by atoms with van der Waals surface area (Å²) in [5.41, 5.74) is -0.360. The fraction of sp³-hybridized carbons (Fsp3) is 0.400. The van der Waals surface area contributed by atoms with E-state index in [1.807, 2.05) is 0 Å². The van der Waals surface area contributed by atoms with Gasteiger partial charge in [0.25, 0.3) is 0 Å². The summed E-state index contributed by atoms with van der Waals surface area (Å²) in [5.74, 6) is -2.04. The number of carboxylic acid groups (broad SMARTS) is 1. The van der Waals surface area contributed by atoms with Crippen LogP contribution in [0.5, 0.6) is 0 Å². The topological polar surface area (TPSA) is 65.5 Å². The van der Waals surface area contributed by atoms with Crippen LogP contribution in [0.3, 0.4) is 0 Å². The van der Waals surface area contributed by atoms with Gasteiger partial charge in [-0.05, 0) is 13.1 Å². The molecule has 16 heavy (non-hydrogen) atoms. The maximum absolute atomic E-state index is 13.7. The Bertz CT molecular complexity index is 384. The summed E-state index contributed by atoms with van der Waals surface area (Å²) >= 11 is 0. The number of hydrogen-bond donors (Lipinski definition) is 2. The van der Waals surface area contributed by atoms with Crippen LogP contribution >= 0.6 is 0 Å². The lowest BCUT2D eigenvalue weighted by molar-refractivity contribution is 0.0692. The second-order valence-electron chi connectivity index (χ2n) is 3.33. The number of carboxylic acids is 1. The van der Waals surface area contributed by atoms with E-state index >= 15 is 0 Å². The van der Waals surface area contributed by atoms with Gasteiger partial charge in [0.15, 0.2) is 11.6 Å². The van der Waals surface area contributed by atoms with Crippen LogP contribution in [-0.2, 0) is 0 Å². The Kier molecular flexibility index (Phi) is 4.19. The first kappa shape index (κ1) is 12.4. The number of halogens is 1. The summed E-state index contributed by atoms with van der Waals surface area (Å²) in [6.45, 7) is 1.21. The molecular formula is C10H14FN3O2. The predicted molar refractivity (Wildman–Crippen MR) is 58.4 cm³/mol. The summed E-state index contributed by atoms with van der Waals surface area (Å²) in [4.78, 5) is 16.1. The second-order valence-corrected chi connectivity index (χ2v) is 3.33. The first-order chi connectivity index (χ1) is 7.57. The lowest BCUT2D eigenvalue weighted by atomic mass is 10.2. The second kappa shape index (κ2) is 5.41. The monoisotopic (exact) mass is 227 g/mol. The van der Waals surface area contributed by atoms with Crippen LogP contribution in [0.1, 0.15) is 10.4 Å². The summed E-state index contributed by atoms with van der Waals surface area (Å²) in [6, 6.07) is 1.15. The Morgan fingerprint density at radius 1 is 1.69 bits per heavy atom. The van der Waals surface area contributed by atoms with Gasteiger partial charge in [-0.2, -0.15) is 0 Å². The molecular weight excluding hydrogens is 213 g/mol. The molecule has 6 heteroatoms. The van der Waals surface area contributed by atoms with Gasteiger partial charge in [-0.1, -0.05) is 0 Å². The van der Waals surface area contributed by atoms with Crippen molar-refractivity contribution in [2.45, 2.75) is 0 Å². The zero-order valence-corrected chi connectivity index (χ0v) is 9.20. The van der Waals surface area contributed by atoms with E-state index in [1.54, 1.807) is 19.0 Å². The van der Waals surface area contributed by atoms with E-state index in [0.29, 0.717) is 13.1 Å². The van der Waals surface area contributed by atoms with Crippen molar-refractivity contribution in [1.82, 2.24) is 10.3 Å². The van der Waals surface area contributed by atoms with Crippen LogP contribution in [0.25, 0.3) is 0 Å². The van der Waals surface area contributed by atoms with Crippen molar-refractivity contribution in [2.75, 3.05) is 32.1 Å². The van der Waals surface area contributed by atoms with Crippen molar-refractivity contribution in [3.05, 3.63) is 23.6 Å². The molecule has 88 valence electrons. The smallest absolute Gasteiger partial charge is 0.338 e. The third kappa shape index (κ3) is 2.66. The van der Waals surface area contributed by atoms with Crippen molar-refractivity contribution in [2.24, 2.45) is 0 Å². The molecule has 0 aliphatic carbocycles. The minimum absolute atomic E-state index is 0.0511. The Hall–Kier alpha value is -1.69. The van der Waals surface area contributed by atoms with Crippen molar-refractivity contribution >= 4 is 11.8 Å². The molecule has 0 bridgehead atoms. The number of aromatic carboxylic acids is 1. The molecule has 1 aromatic heterocycles. The Morgan fingerprint density at radius 3 is 2.94 bits per heavy atom. The van der Waals surface area contributed by atoms with Crippen LogP contribution in [-0.4, -0.2) is 43.2 Å². The number of anilines is 1. The standard InChI is InChI=1S/C10H14FN3O2/c1-12-5-6-14(2)9-8(11)7(10(15)16)3-4-13-9/h3-4,12H,5-6H2,1-2H3,(H,15,16). The van der Waals surface area contributed by atoms with Gasteiger partial charge < -0.3 is 15.3 Å². The van der Waals surface area contributed by atoms with Crippen LogP contribution in [0, 0.1) is 5.82 Å². The van der Waals surface area contributed by atoms with Gasteiger partial charge in [-0.3, -0.25) is 0 Å². The highest BCUT2D eigenvalue weighted by atomic mass is 19.1. The van der Waals surface area contributed by atoms with Crippen LogP contribution in [0.15, 0.2) is 12.3 Å². The lowest BCUT2D eigenvalue weighted by Gasteiger charge is -2.18. The molecule has 0 radical (unpaired) electrons. The van der Waals surface area contributed by atoms with E-state index in [1.165, 1.54) is 6.20 Å². The normalized spacial score (nSPS) is 10.2. The Balaban J connectivity index is 2.96. The van der Waals surface area contributed by atoms with Crippen molar-refractivity contribution in [3.63, 3.8) is 0 Å². The van der Waals surface area contributed by atoms with E-state index in [2.05, 4.69) is 10.3 Å². The number of nitrogens with zero attached hydrogens (tertiary/aromatic N) is 2. The fourth-order valence-corrected chi connectivity index (χ4v) is 1.25. The summed E-state index contributed by atoms with van der Waals surface area (Å²) < 4.78 is 13.7. The number of aromatic nitrogens is 1. The molecule has 0 aliphatic rings. The summed E-state index contributed by atoms with van der Waals surface area (Å²) in [5, 5.41) is 11.7. The highest BCUT2D eigenvalue weighted by molar-refractivity contribution is 5.88. The van der Waals surface area contributed by atoms with E-state index in [4.69, 9.17) is 5.11 Å². The number of hydrogen-bond acceptors (Lipinski definition) is 4. The van der Waals surface area contributed by atoms with Crippen LogP contribution in [0.2, 0.25) is 0 Å². The maximum atomic E-state index is 13.7. The average Bonchev–Trinajstić information content (AvgIpc) is 2.25. The van der Waals surface area contributed by atoms with Gasteiger partial charge in [-0.15, -0.1) is 0 Å². The fourth-order valence-electron chi connectivity index (χ4n) is 1.25. The number of likely N-dealkylation sites (N-methyl/N-ethyl adjacent to an activating group) is 2. The highest BCUT2D eigenvalue weighted by Crippen LogP contribution is 2.17. The first-order valence-corrected chi connectivity index (χ1v) is 4.81.